The predicted molar refractivity (Wildman–Crippen MR) is 83.6 cm³/mol. The third-order valence-corrected chi connectivity index (χ3v) is 4.73. The molecule has 0 amide bonds. The van der Waals surface area contributed by atoms with Crippen molar-refractivity contribution >= 4 is 23.4 Å². The minimum Gasteiger partial charge on any atom is -0.310 e. The average molecular weight is 324 g/mol. The first-order chi connectivity index (χ1) is 10.1. The van der Waals surface area contributed by atoms with Crippen molar-refractivity contribution in [3.63, 3.8) is 0 Å². The van der Waals surface area contributed by atoms with E-state index in [0.29, 0.717) is 12.1 Å². The summed E-state index contributed by atoms with van der Waals surface area (Å²) >= 11 is 7.94. The van der Waals surface area contributed by atoms with E-state index in [1.807, 2.05) is 16.8 Å². The lowest BCUT2D eigenvalue weighted by Gasteiger charge is -2.13. The maximum atomic E-state index is 6.36. The molecule has 0 spiro atoms. The molecule has 1 heterocycles. The molecular weight excluding hydrogens is 306 g/mol. The molecule has 1 N–H and O–H groups in total. The normalized spacial score (nSPS) is 14.9. The Kier molecular flexibility index (Phi) is 4.47. The van der Waals surface area contributed by atoms with Crippen LogP contribution in [0.3, 0.4) is 0 Å². The summed E-state index contributed by atoms with van der Waals surface area (Å²) in [5.74, 6) is 0. The molecule has 1 aromatic heterocycles. The van der Waals surface area contributed by atoms with Gasteiger partial charge in [-0.25, -0.2) is 4.68 Å². The maximum Gasteiger partial charge on any atom is 0.214 e. The molecule has 7 heteroatoms. The summed E-state index contributed by atoms with van der Waals surface area (Å²) < 4.78 is 1.92. The first-order valence-corrected chi connectivity index (χ1v) is 8.31. The number of aromatic nitrogens is 4. The molecule has 1 aliphatic rings. The van der Waals surface area contributed by atoms with Gasteiger partial charge in [-0.2, -0.15) is 0 Å². The van der Waals surface area contributed by atoms with Crippen molar-refractivity contribution in [3.8, 4) is 0 Å². The average Bonchev–Trinajstić information content (AvgIpc) is 3.18. The van der Waals surface area contributed by atoms with Gasteiger partial charge < -0.3 is 5.32 Å². The summed E-state index contributed by atoms with van der Waals surface area (Å²) in [5, 5.41) is 17.1. The molecule has 0 atom stereocenters. The van der Waals surface area contributed by atoms with Gasteiger partial charge in [-0.3, -0.25) is 0 Å². The van der Waals surface area contributed by atoms with Crippen LogP contribution in [-0.2, 0) is 6.54 Å². The van der Waals surface area contributed by atoms with Gasteiger partial charge in [0.2, 0.25) is 5.16 Å². The van der Waals surface area contributed by atoms with Crippen LogP contribution in [0.25, 0.3) is 0 Å². The van der Waals surface area contributed by atoms with Crippen LogP contribution in [0.4, 0.5) is 0 Å². The predicted octanol–water partition coefficient (Wildman–Crippen LogP) is 3.31. The molecule has 0 radical (unpaired) electrons. The summed E-state index contributed by atoms with van der Waals surface area (Å²) in [4.78, 5) is 1.10. The van der Waals surface area contributed by atoms with E-state index in [1.165, 1.54) is 0 Å². The number of tetrazole rings is 1. The summed E-state index contributed by atoms with van der Waals surface area (Å²) in [6.07, 6.45) is 2.33. The lowest BCUT2D eigenvalue weighted by atomic mass is 10.2. The van der Waals surface area contributed by atoms with Crippen LogP contribution in [0, 0.1) is 0 Å². The van der Waals surface area contributed by atoms with E-state index in [2.05, 4.69) is 40.8 Å². The third-order valence-electron chi connectivity index (χ3n) is 3.32. The first kappa shape index (κ1) is 14.8. The highest BCUT2D eigenvalue weighted by atomic mass is 35.5. The van der Waals surface area contributed by atoms with E-state index in [1.54, 1.807) is 11.8 Å². The lowest BCUT2D eigenvalue weighted by molar-refractivity contribution is 0.565. The van der Waals surface area contributed by atoms with Gasteiger partial charge in [0.1, 0.15) is 0 Å². The standard InChI is InChI=1S/C14H18ClN5S/c1-9(2)16-8-11-12(15)4-3-5-13(11)21-14-17-18-19-20(14)10-6-7-10/h3-5,9-10,16H,6-8H2,1-2H3. The van der Waals surface area contributed by atoms with Gasteiger partial charge in [0, 0.05) is 22.5 Å². The quantitative estimate of drug-likeness (QED) is 0.884. The van der Waals surface area contributed by atoms with E-state index in [9.17, 15) is 0 Å². The molecule has 1 aromatic carbocycles. The van der Waals surface area contributed by atoms with Crippen molar-refractivity contribution in [1.82, 2.24) is 25.5 Å². The third kappa shape index (κ3) is 3.56. The van der Waals surface area contributed by atoms with E-state index >= 15 is 0 Å². The highest BCUT2D eigenvalue weighted by molar-refractivity contribution is 7.99. The summed E-state index contributed by atoms with van der Waals surface area (Å²) in [6, 6.07) is 6.84. The fraction of sp³-hybridized carbons (Fsp3) is 0.500. The number of rotatable bonds is 6. The molecule has 21 heavy (non-hydrogen) atoms. The number of benzene rings is 1. The largest absolute Gasteiger partial charge is 0.310 e. The van der Waals surface area contributed by atoms with Crippen LogP contribution in [0.15, 0.2) is 28.3 Å². The molecule has 0 bridgehead atoms. The lowest BCUT2D eigenvalue weighted by Crippen LogP contribution is -2.22. The molecule has 1 saturated carbocycles. The number of hydrogen-bond donors (Lipinski definition) is 1. The van der Waals surface area contributed by atoms with Gasteiger partial charge in [0.25, 0.3) is 0 Å². The highest BCUT2D eigenvalue weighted by Crippen LogP contribution is 2.39. The molecule has 1 aliphatic carbocycles. The van der Waals surface area contributed by atoms with E-state index in [0.717, 1.165) is 40.0 Å². The van der Waals surface area contributed by atoms with Crippen molar-refractivity contribution in [3.05, 3.63) is 28.8 Å². The Morgan fingerprint density at radius 2 is 2.24 bits per heavy atom. The molecule has 1 fully saturated rings. The van der Waals surface area contributed by atoms with Crippen LogP contribution in [-0.4, -0.2) is 26.2 Å². The summed E-state index contributed by atoms with van der Waals surface area (Å²) in [6.45, 7) is 4.99. The number of nitrogens with one attached hydrogen (secondary N) is 1. The Labute approximate surface area is 133 Å². The minimum absolute atomic E-state index is 0.413. The Morgan fingerprint density at radius 1 is 1.43 bits per heavy atom. The van der Waals surface area contributed by atoms with E-state index < -0.39 is 0 Å². The van der Waals surface area contributed by atoms with Gasteiger partial charge in [-0.05, 0) is 52.7 Å². The molecule has 0 unspecified atom stereocenters. The van der Waals surface area contributed by atoms with Crippen LogP contribution in [0.5, 0.6) is 0 Å². The van der Waals surface area contributed by atoms with E-state index in [4.69, 9.17) is 11.6 Å². The van der Waals surface area contributed by atoms with Gasteiger partial charge in [-0.1, -0.05) is 31.5 Å². The molecule has 0 aliphatic heterocycles. The van der Waals surface area contributed by atoms with E-state index in [-0.39, 0.29) is 0 Å². The Hall–Kier alpha value is -1.11. The zero-order chi connectivity index (χ0) is 14.8. The number of hydrogen-bond acceptors (Lipinski definition) is 5. The second-order valence-electron chi connectivity index (χ2n) is 5.49. The molecule has 2 aromatic rings. The monoisotopic (exact) mass is 323 g/mol. The zero-order valence-corrected chi connectivity index (χ0v) is 13.7. The van der Waals surface area contributed by atoms with Crippen LogP contribution in [0.2, 0.25) is 5.02 Å². The molecule has 3 rings (SSSR count). The highest BCUT2D eigenvalue weighted by Gasteiger charge is 2.28. The van der Waals surface area contributed by atoms with Crippen LogP contribution in [0.1, 0.15) is 38.3 Å². The minimum atomic E-state index is 0.413. The summed E-state index contributed by atoms with van der Waals surface area (Å²) in [5.41, 5.74) is 1.10. The van der Waals surface area contributed by atoms with Gasteiger partial charge in [-0.15, -0.1) is 5.10 Å². The number of nitrogens with zero attached hydrogens (tertiary/aromatic N) is 4. The molecule has 112 valence electrons. The topological polar surface area (TPSA) is 55.6 Å². The van der Waals surface area contributed by atoms with Gasteiger partial charge in [0.05, 0.1) is 6.04 Å². The molecule has 5 nitrogen and oxygen atoms in total. The van der Waals surface area contributed by atoms with Crippen molar-refractivity contribution in [1.29, 1.82) is 0 Å². The second kappa shape index (κ2) is 6.34. The van der Waals surface area contributed by atoms with Crippen molar-refractivity contribution in [2.24, 2.45) is 0 Å². The smallest absolute Gasteiger partial charge is 0.214 e. The van der Waals surface area contributed by atoms with Crippen LogP contribution < -0.4 is 5.32 Å². The Balaban J connectivity index is 1.83. The fourth-order valence-electron chi connectivity index (χ4n) is 2.01. The fourth-order valence-corrected chi connectivity index (χ4v) is 3.31. The van der Waals surface area contributed by atoms with Crippen molar-refractivity contribution in [2.75, 3.05) is 0 Å². The molecular formula is C14H18ClN5S. The Bertz CT molecular complexity index is 624. The van der Waals surface area contributed by atoms with Gasteiger partial charge >= 0.3 is 0 Å². The first-order valence-electron chi connectivity index (χ1n) is 7.11. The Morgan fingerprint density at radius 3 is 2.95 bits per heavy atom. The maximum absolute atomic E-state index is 6.36. The summed E-state index contributed by atoms with van der Waals surface area (Å²) in [7, 11) is 0. The molecule has 0 saturated heterocycles. The van der Waals surface area contributed by atoms with Gasteiger partial charge in [0.15, 0.2) is 0 Å². The van der Waals surface area contributed by atoms with Crippen molar-refractivity contribution < 1.29 is 0 Å². The zero-order valence-electron chi connectivity index (χ0n) is 12.1. The SMILES string of the molecule is CC(C)NCc1c(Cl)cccc1Sc1nnnn1C1CC1. The van der Waals surface area contributed by atoms with Crippen molar-refractivity contribution in [2.45, 2.75) is 55.4 Å². The second-order valence-corrected chi connectivity index (χ2v) is 6.91. The van der Waals surface area contributed by atoms with Crippen LogP contribution >= 0.6 is 23.4 Å². The number of halogens is 1.